The van der Waals surface area contributed by atoms with Crippen molar-refractivity contribution in [3.8, 4) is 0 Å². The van der Waals surface area contributed by atoms with Crippen LogP contribution in [0.3, 0.4) is 0 Å². The molecular formula is C12H10N4O2. The largest absolute Gasteiger partial charge is 0.399 e. The lowest BCUT2D eigenvalue weighted by Crippen LogP contribution is -2.21. The van der Waals surface area contributed by atoms with Crippen LogP contribution >= 0.6 is 0 Å². The molecule has 0 bridgehead atoms. The lowest BCUT2D eigenvalue weighted by molar-refractivity contribution is 0.418. The average molecular weight is 242 g/mol. The van der Waals surface area contributed by atoms with Gasteiger partial charge in [0.15, 0.2) is 0 Å². The first-order valence-corrected chi connectivity index (χ1v) is 5.37. The smallest absolute Gasteiger partial charge is 0.261 e. The number of anilines is 1. The molecule has 0 aliphatic rings. The van der Waals surface area contributed by atoms with Crippen molar-refractivity contribution in [1.82, 2.24) is 14.7 Å². The highest BCUT2D eigenvalue weighted by Crippen LogP contribution is 2.11. The Morgan fingerprint density at radius 3 is 3.06 bits per heavy atom. The fraction of sp³-hybridized carbons (Fsp3) is 0.0833. The number of nitrogens with two attached hydrogens (primary N) is 1. The summed E-state index contributed by atoms with van der Waals surface area (Å²) >= 11 is 0. The Bertz CT molecular complexity index is 746. The molecule has 2 N–H and O–H groups in total. The highest BCUT2D eigenvalue weighted by atomic mass is 16.5. The molecule has 0 aliphatic carbocycles. The molecule has 0 spiro atoms. The topological polar surface area (TPSA) is 86.9 Å². The number of rotatable bonds is 2. The van der Waals surface area contributed by atoms with Gasteiger partial charge in [-0.05, 0) is 18.2 Å². The van der Waals surface area contributed by atoms with E-state index in [9.17, 15) is 4.79 Å². The number of nitrogens with zero attached hydrogens (tertiary/aromatic N) is 3. The van der Waals surface area contributed by atoms with Crippen LogP contribution in [0.5, 0.6) is 0 Å². The van der Waals surface area contributed by atoms with Gasteiger partial charge in [0.25, 0.3) is 5.56 Å². The molecule has 1 aromatic carbocycles. The molecule has 0 unspecified atom stereocenters. The molecule has 6 nitrogen and oxygen atoms in total. The zero-order valence-electron chi connectivity index (χ0n) is 9.41. The summed E-state index contributed by atoms with van der Waals surface area (Å²) in [6.07, 6.45) is 4.57. The zero-order chi connectivity index (χ0) is 12.5. The molecule has 0 saturated carbocycles. The molecule has 0 atom stereocenters. The monoisotopic (exact) mass is 242 g/mol. The van der Waals surface area contributed by atoms with Crippen LogP contribution in [-0.4, -0.2) is 14.7 Å². The first-order chi connectivity index (χ1) is 8.74. The maximum absolute atomic E-state index is 12.2. The van der Waals surface area contributed by atoms with Crippen molar-refractivity contribution in [3.05, 3.63) is 52.9 Å². The predicted molar refractivity (Wildman–Crippen MR) is 66.0 cm³/mol. The van der Waals surface area contributed by atoms with E-state index in [1.54, 1.807) is 24.4 Å². The van der Waals surface area contributed by atoms with Gasteiger partial charge >= 0.3 is 0 Å². The van der Waals surface area contributed by atoms with Gasteiger partial charge in [0.1, 0.15) is 6.26 Å². The molecule has 0 radical (unpaired) electrons. The molecule has 0 aliphatic heterocycles. The summed E-state index contributed by atoms with van der Waals surface area (Å²) in [7, 11) is 0. The lowest BCUT2D eigenvalue weighted by atomic mass is 10.2. The third-order valence-corrected chi connectivity index (χ3v) is 2.68. The predicted octanol–water partition coefficient (Wildman–Crippen LogP) is 1.01. The Kier molecular flexibility index (Phi) is 2.33. The summed E-state index contributed by atoms with van der Waals surface area (Å²) in [6, 6.07) is 5.09. The maximum atomic E-state index is 12.2. The number of benzene rings is 1. The summed E-state index contributed by atoms with van der Waals surface area (Å²) < 4.78 is 6.22. The summed E-state index contributed by atoms with van der Waals surface area (Å²) in [5.41, 5.74) is 7.53. The summed E-state index contributed by atoms with van der Waals surface area (Å²) in [6.45, 7) is 0.375. The minimum absolute atomic E-state index is 0.131. The van der Waals surface area contributed by atoms with Crippen molar-refractivity contribution in [2.45, 2.75) is 6.54 Å². The van der Waals surface area contributed by atoms with E-state index in [0.717, 1.165) is 5.56 Å². The van der Waals surface area contributed by atoms with Crippen LogP contribution in [0.4, 0.5) is 5.69 Å². The van der Waals surface area contributed by atoms with Gasteiger partial charge in [-0.2, -0.15) is 0 Å². The van der Waals surface area contributed by atoms with E-state index in [2.05, 4.69) is 10.1 Å². The number of hydrogen-bond acceptors (Lipinski definition) is 5. The van der Waals surface area contributed by atoms with Crippen molar-refractivity contribution in [2.75, 3.05) is 5.73 Å². The van der Waals surface area contributed by atoms with E-state index in [-0.39, 0.29) is 5.56 Å². The van der Waals surface area contributed by atoms with Crippen molar-refractivity contribution < 1.29 is 4.52 Å². The minimum Gasteiger partial charge on any atom is -0.399 e. The van der Waals surface area contributed by atoms with E-state index < -0.39 is 0 Å². The highest BCUT2D eigenvalue weighted by molar-refractivity contribution is 5.80. The zero-order valence-corrected chi connectivity index (χ0v) is 9.41. The van der Waals surface area contributed by atoms with Gasteiger partial charge < -0.3 is 10.3 Å². The van der Waals surface area contributed by atoms with E-state index >= 15 is 0 Å². The van der Waals surface area contributed by atoms with Gasteiger partial charge in [0, 0.05) is 11.3 Å². The fourth-order valence-corrected chi connectivity index (χ4v) is 1.79. The molecule has 6 heteroatoms. The van der Waals surface area contributed by atoms with Gasteiger partial charge in [0.05, 0.1) is 30.0 Å². The third-order valence-electron chi connectivity index (χ3n) is 2.68. The Morgan fingerprint density at radius 1 is 1.39 bits per heavy atom. The molecule has 90 valence electrons. The number of aromatic nitrogens is 3. The maximum Gasteiger partial charge on any atom is 0.261 e. The van der Waals surface area contributed by atoms with E-state index in [0.29, 0.717) is 23.1 Å². The van der Waals surface area contributed by atoms with Crippen LogP contribution in [0.15, 0.2) is 46.3 Å². The standard InChI is InChI=1S/C12H10N4O2/c13-9-1-2-11-10(3-9)12(17)16(7-14-11)5-8-4-15-18-6-8/h1-4,6-7H,5,13H2. The number of nitrogen functional groups attached to an aromatic ring is 1. The summed E-state index contributed by atoms with van der Waals surface area (Å²) in [5, 5.41) is 4.10. The van der Waals surface area contributed by atoms with Crippen LogP contribution in [0.1, 0.15) is 5.56 Å². The molecule has 3 aromatic rings. The van der Waals surface area contributed by atoms with Gasteiger partial charge in [-0.25, -0.2) is 4.98 Å². The van der Waals surface area contributed by atoms with Crippen LogP contribution in [0.2, 0.25) is 0 Å². The molecule has 2 aromatic heterocycles. The minimum atomic E-state index is -0.131. The van der Waals surface area contributed by atoms with Gasteiger partial charge in [-0.3, -0.25) is 9.36 Å². The van der Waals surface area contributed by atoms with Crippen molar-refractivity contribution in [3.63, 3.8) is 0 Å². The van der Waals surface area contributed by atoms with Gasteiger partial charge in [0.2, 0.25) is 0 Å². The van der Waals surface area contributed by atoms with Crippen LogP contribution < -0.4 is 11.3 Å². The molecule has 0 fully saturated rings. The Balaban J connectivity index is 2.14. The SMILES string of the molecule is Nc1ccc2ncn(Cc3cnoc3)c(=O)c2c1. The van der Waals surface area contributed by atoms with E-state index in [4.69, 9.17) is 10.3 Å². The van der Waals surface area contributed by atoms with Crippen molar-refractivity contribution in [2.24, 2.45) is 0 Å². The number of hydrogen-bond donors (Lipinski definition) is 1. The molecule has 18 heavy (non-hydrogen) atoms. The summed E-state index contributed by atoms with van der Waals surface area (Å²) in [5.74, 6) is 0. The highest BCUT2D eigenvalue weighted by Gasteiger charge is 2.05. The Labute approximate surface area is 102 Å². The van der Waals surface area contributed by atoms with Crippen LogP contribution in [0, 0.1) is 0 Å². The van der Waals surface area contributed by atoms with Gasteiger partial charge in [-0.1, -0.05) is 5.16 Å². The molecule has 3 rings (SSSR count). The Hall–Kier alpha value is -2.63. The van der Waals surface area contributed by atoms with E-state index in [1.165, 1.54) is 17.2 Å². The van der Waals surface area contributed by atoms with Crippen LogP contribution in [-0.2, 0) is 6.54 Å². The second kappa shape index (κ2) is 3.99. The van der Waals surface area contributed by atoms with Crippen molar-refractivity contribution >= 4 is 16.6 Å². The molecular weight excluding hydrogens is 232 g/mol. The molecule has 0 saturated heterocycles. The Morgan fingerprint density at radius 2 is 2.28 bits per heavy atom. The first-order valence-electron chi connectivity index (χ1n) is 5.37. The first kappa shape index (κ1) is 10.5. The molecule has 2 heterocycles. The lowest BCUT2D eigenvalue weighted by Gasteiger charge is -2.05. The second-order valence-electron chi connectivity index (χ2n) is 3.99. The van der Waals surface area contributed by atoms with E-state index in [1.807, 2.05) is 0 Å². The third kappa shape index (κ3) is 1.73. The average Bonchev–Trinajstić information content (AvgIpc) is 2.86. The van der Waals surface area contributed by atoms with Crippen molar-refractivity contribution in [1.29, 1.82) is 0 Å². The molecule has 0 amide bonds. The second-order valence-corrected chi connectivity index (χ2v) is 3.99. The van der Waals surface area contributed by atoms with Gasteiger partial charge in [-0.15, -0.1) is 0 Å². The summed E-state index contributed by atoms with van der Waals surface area (Å²) in [4.78, 5) is 16.4. The quantitative estimate of drug-likeness (QED) is 0.678. The number of fused-ring (bicyclic) bond motifs is 1. The van der Waals surface area contributed by atoms with Crippen LogP contribution in [0.25, 0.3) is 10.9 Å². The fourth-order valence-electron chi connectivity index (χ4n) is 1.79. The normalized spacial score (nSPS) is 10.9.